The molecular weight excluding hydrogens is 154 g/mol. The molecule has 3 nitrogen and oxygen atoms in total. The molecular formula is C9H17NO2. The summed E-state index contributed by atoms with van der Waals surface area (Å²) < 4.78 is 0. The van der Waals surface area contributed by atoms with Gasteiger partial charge in [0.05, 0.1) is 0 Å². The summed E-state index contributed by atoms with van der Waals surface area (Å²) in [6.07, 6.45) is 3.89. The van der Waals surface area contributed by atoms with Crippen molar-refractivity contribution in [3.63, 3.8) is 0 Å². The highest BCUT2D eigenvalue weighted by molar-refractivity contribution is 5.67. The van der Waals surface area contributed by atoms with Gasteiger partial charge in [-0.05, 0) is 25.3 Å². The van der Waals surface area contributed by atoms with Gasteiger partial charge in [-0.15, -0.1) is 0 Å². The molecule has 1 rings (SSSR count). The summed E-state index contributed by atoms with van der Waals surface area (Å²) in [6, 6.07) is 0.426. The minimum atomic E-state index is -0.685. The Kier molecular flexibility index (Phi) is 3.53. The van der Waals surface area contributed by atoms with Gasteiger partial charge in [-0.2, -0.15) is 0 Å². The highest BCUT2D eigenvalue weighted by Crippen LogP contribution is 2.17. The number of hydrogen-bond acceptors (Lipinski definition) is 2. The van der Waals surface area contributed by atoms with E-state index in [9.17, 15) is 4.79 Å². The summed E-state index contributed by atoms with van der Waals surface area (Å²) in [6.45, 7) is 3.06. The van der Waals surface area contributed by atoms with Crippen LogP contribution in [0.4, 0.5) is 0 Å². The Balaban J connectivity index is 2.29. The van der Waals surface area contributed by atoms with Gasteiger partial charge in [0.25, 0.3) is 0 Å². The number of carbonyl (C=O) groups is 1. The van der Waals surface area contributed by atoms with Crippen LogP contribution in [0.15, 0.2) is 0 Å². The van der Waals surface area contributed by atoms with Crippen molar-refractivity contribution in [2.75, 3.05) is 6.54 Å². The van der Waals surface area contributed by atoms with Crippen molar-refractivity contribution in [1.82, 2.24) is 5.32 Å². The predicted molar refractivity (Wildman–Crippen MR) is 47.1 cm³/mol. The maximum absolute atomic E-state index is 10.4. The second-order valence-corrected chi connectivity index (χ2v) is 3.63. The largest absolute Gasteiger partial charge is 0.481 e. The molecule has 2 atom stereocenters. The van der Waals surface area contributed by atoms with E-state index in [2.05, 4.69) is 5.32 Å². The Hall–Kier alpha value is -0.570. The number of hydrogen-bond donors (Lipinski definition) is 2. The fourth-order valence-corrected chi connectivity index (χ4v) is 1.78. The number of rotatable bonds is 3. The lowest BCUT2D eigenvalue weighted by Crippen LogP contribution is -2.39. The minimum absolute atomic E-state index is 0.266. The third-order valence-corrected chi connectivity index (χ3v) is 2.53. The first kappa shape index (κ1) is 9.52. The van der Waals surface area contributed by atoms with Crippen molar-refractivity contribution >= 4 is 5.97 Å². The fraction of sp³-hybridized carbons (Fsp3) is 0.889. The average Bonchev–Trinajstić information content (AvgIpc) is 2.05. The van der Waals surface area contributed by atoms with Gasteiger partial charge in [-0.25, -0.2) is 0 Å². The molecule has 1 saturated heterocycles. The average molecular weight is 171 g/mol. The molecule has 0 spiro atoms. The van der Waals surface area contributed by atoms with E-state index in [1.807, 2.05) is 6.92 Å². The van der Waals surface area contributed by atoms with E-state index in [1.54, 1.807) is 0 Å². The van der Waals surface area contributed by atoms with Gasteiger partial charge in [0, 0.05) is 12.5 Å². The zero-order valence-corrected chi connectivity index (χ0v) is 7.55. The summed E-state index contributed by atoms with van der Waals surface area (Å²) in [7, 11) is 0. The summed E-state index contributed by atoms with van der Waals surface area (Å²) in [5.74, 6) is -0.419. The first-order valence-corrected chi connectivity index (χ1v) is 4.65. The van der Waals surface area contributed by atoms with Gasteiger partial charge in [0.1, 0.15) is 0 Å². The fourth-order valence-electron chi connectivity index (χ4n) is 1.78. The Morgan fingerprint density at radius 2 is 2.42 bits per heavy atom. The van der Waals surface area contributed by atoms with E-state index < -0.39 is 5.97 Å². The first-order chi connectivity index (χ1) is 5.70. The number of aliphatic carboxylic acids is 1. The normalized spacial score (nSPS) is 26.6. The lowest BCUT2D eigenvalue weighted by molar-refractivity contribution is -0.138. The van der Waals surface area contributed by atoms with Gasteiger partial charge in [0.15, 0.2) is 0 Å². The highest BCUT2D eigenvalue weighted by Gasteiger charge is 2.20. The van der Waals surface area contributed by atoms with Crippen LogP contribution in [0, 0.1) is 5.92 Å². The Morgan fingerprint density at radius 1 is 1.67 bits per heavy atom. The number of nitrogens with one attached hydrogen (secondary N) is 1. The maximum atomic E-state index is 10.4. The molecule has 12 heavy (non-hydrogen) atoms. The molecule has 0 aliphatic carbocycles. The van der Waals surface area contributed by atoms with Crippen LogP contribution in [0.5, 0.6) is 0 Å². The molecule has 2 N–H and O–H groups in total. The lowest BCUT2D eigenvalue weighted by Gasteiger charge is -2.28. The van der Waals surface area contributed by atoms with Gasteiger partial charge in [-0.1, -0.05) is 13.3 Å². The summed E-state index contributed by atoms with van der Waals surface area (Å²) in [5.41, 5.74) is 0. The van der Waals surface area contributed by atoms with E-state index in [0.717, 1.165) is 13.0 Å². The van der Waals surface area contributed by atoms with E-state index in [1.165, 1.54) is 12.8 Å². The molecule has 3 heteroatoms. The van der Waals surface area contributed by atoms with Gasteiger partial charge < -0.3 is 10.4 Å². The molecule has 1 heterocycles. The van der Waals surface area contributed by atoms with Crippen molar-refractivity contribution in [1.29, 1.82) is 0 Å². The van der Waals surface area contributed by atoms with Crippen LogP contribution in [0.25, 0.3) is 0 Å². The Morgan fingerprint density at radius 3 is 2.92 bits per heavy atom. The SMILES string of the molecule is C[C@H](CC(=O)O)[C@@H]1CCCCN1. The quantitative estimate of drug-likeness (QED) is 0.671. The first-order valence-electron chi connectivity index (χ1n) is 4.65. The monoisotopic (exact) mass is 171 g/mol. The van der Waals surface area contributed by atoms with E-state index in [-0.39, 0.29) is 12.3 Å². The Bertz CT molecular complexity index is 153. The molecule has 1 fully saturated rings. The summed E-state index contributed by atoms with van der Waals surface area (Å²) >= 11 is 0. The molecule has 0 aromatic rings. The van der Waals surface area contributed by atoms with Crippen LogP contribution in [-0.4, -0.2) is 23.7 Å². The molecule has 0 saturated carbocycles. The number of carboxylic acids is 1. The molecule has 1 aliphatic rings. The van der Waals surface area contributed by atoms with Gasteiger partial charge in [0.2, 0.25) is 0 Å². The molecule has 0 bridgehead atoms. The van der Waals surface area contributed by atoms with Gasteiger partial charge >= 0.3 is 5.97 Å². The standard InChI is InChI=1S/C9H17NO2/c1-7(6-9(11)12)8-4-2-3-5-10-8/h7-8,10H,2-6H2,1H3,(H,11,12)/t7-,8+/m1/s1. The van der Waals surface area contributed by atoms with E-state index in [4.69, 9.17) is 5.11 Å². The van der Waals surface area contributed by atoms with Gasteiger partial charge in [-0.3, -0.25) is 4.79 Å². The van der Waals surface area contributed by atoms with Crippen molar-refractivity contribution in [3.8, 4) is 0 Å². The second kappa shape index (κ2) is 4.45. The third-order valence-electron chi connectivity index (χ3n) is 2.53. The Labute approximate surface area is 73.2 Å². The molecule has 0 unspecified atom stereocenters. The topological polar surface area (TPSA) is 49.3 Å². The van der Waals surface area contributed by atoms with Crippen LogP contribution in [0.1, 0.15) is 32.6 Å². The molecule has 0 aromatic carbocycles. The zero-order valence-electron chi connectivity index (χ0n) is 7.55. The lowest BCUT2D eigenvalue weighted by atomic mass is 9.91. The van der Waals surface area contributed by atoms with Crippen LogP contribution in [0.3, 0.4) is 0 Å². The van der Waals surface area contributed by atoms with Crippen molar-refractivity contribution in [2.24, 2.45) is 5.92 Å². The van der Waals surface area contributed by atoms with Crippen molar-refractivity contribution in [2.45, 2.75) is 38.6 Å². The van der Waals surface area contributed by atoms with Crippen LogP contribution in [-0.2, 0) is 4.79 Å². The zero-order chi connectivity index (χ0) is 8.97. The van der Waals surface area contributed by atoms with E-state index in [0.29, 0.717) is 6.04 Å². The van der Waals surface area contributed by atoms with Crippen LogP contribution in [0.2, 0.25) is 0 Å². The molecule has 1 aliphatic heterocycles. The smallest absolute Gasteiger partial charge is 0.303 e. The van der Waals surface area contributed by atoms with E-state index >= 15 is 0 Å². The molecule has 0 radical (unpaired) electrons. The van der Waals surface area contributed by atoms with Crippen molar-refractivity contribution < 1.29 is 9.90 Å². The highest BCUT2D eigenvalue weighted by atomic mass is 16.4. The van der Waals surface area contributed by atoms with Crippen LogP contribution >= 0.6 is 0 Å². The molecule has 70 valence electrons. The summed E-state index contributed by atoms with van der Waals surface area (Å²) in [4.78, 5) is 10.4. The third kappa shape index (κ3) is 2.81. The maximum Gasteiger partial charge on any atom is 0.303 e. The number of carboxylic acid groups (broad SMARTS) is 1. The minimum Gasteiger partial charge on any atom is -0.481 e. The molecule has 0 amide bonds. The number of piperidine rings is 1. The van der Waals surface area contributed by atoms with Crippen LogP contribution < -0.4 is 5.32 Å². The second-order valence-electron chi connectivity index (χ2n) is 3.63. The molecule has 0 aromatic heterocycles. The summed E-state index contributed by atoms with van der Waals surface area (Å²) in [5, 5.41) is 11.9. The predicted octanol–water partition coefficient (Wildman–Crippen LogP) is 1.24. The van der Waals surface area contributed by atoms with Crippen molar-refractivity contribution in [3.05, 3.63) is 0 Å².